The van der Waals surface area contributed by atoms with Crippen LogP contribution < -0.4 is 5.32 Å². The second-order valence-electron chi connectivity index (χ2n) is 4.83. The number of hydrogen-bond acceptors (Lipinski definition) is 2. The van der Waals surface area contributed by atoms with Crippen molar-refractivity contribution in [1.82, 2.24) is 15.1 Å². The highest BCUT2D eigenvalue weighted by Gasteiger charge is 2.14. The lowest BCUT2D eigenvalue weighted by atomic mass is 10.1. The molecule has 1 heterocycles. The Bertz CT molecular complexity index is 748. The summed E-state index contributed by atoms with van der Waals surface area (Å²) in [5.41, 5.74) is 2.81. The van der Waals surface area contributed by atoms with E-state index in [1.807, 2.05) is 49.1 Å². The largest absolute Gasteiger partial charge is 0.313 e. The zero-order valence-corrected chi connectivity index (χ0v) is 11.5. The quantitative estimate of drug-likeness (QED) is 0.789. The van der Waals surface area contributed by atoms with Crippen molar-refractivity contribution >= 4 is 10.9 Å². The van der Waals surface area contributed by atoms with Gasteiger partial charge in [0, 0.05) is 11.4 Å². The first-order chi connectivity index (χ1) is 9.70. The molecule has 0 radical (unpaired) electrons. The van der Waals surface area contributed by atoms with Crippen LogP contribution in [-0.2, 0) is 0 Å². The molecule has 0 fully saturated rings. The molecule has 0 saturated carbocycles. The van der Waals surface area contributed by atoms with Crippen molar-refractivity contribution in [2.24, 2.45) is 0 Å². The Kier molecular flexibility index (Phi) is 3.24. The van der Waals surface area contributed by atoms with Crippen molar-refractivity contribution in [2.45, 2.75) is 13.0 Å². The standard InChI is InChI=1S/C16H16FN3/c1-11(18-2)14-9-13(17)7-8-16(14)20-15-6-4-3-5-12(15)10-19-20/h3-11,18H,1-2H3. The summed E-state index contributed by atoms with van der Waals surface area (Å²) in [6.07, 6.45) is 1.83. The fourth-order valence-electron chi connectivity index (χ4n) is 2.38. The number of halogens is 1. The van der Waals surface area contributed by atoms with Gasteiger partial charge < -0.3 is 5.32 Å². The molecular formula is C16H16FN3. The van der Waals surface area contributed by atoms with E-state index in [4.69, 9.17) is 0 Å². The molecule has 1 aromatic heterocycles. The smallest absolute Gasteiger partial charge is 0.123 e. The SMILES string of the molecule is CNC(C)c1cc(F)ccc1-n1ncc2ccccc21. The van der Waals surface area contributed by atoms with E-state index in [0.29, 0.717) is 0 Å². The molecule has 2 aromatic carbocycles. The Labute approximate surface area is 117 Å². The molecule has 1 atom stereocenters. The highest BCUT2D eigenvalue weighted by Crippen LogP contribution is 2.25. The summed E-state index contributed by atoms with van der Waals surface area (Å²) >= 11 is 0. The third-order valence-corrected chi connectivity index (χ3v) is 3.59. The Morgan fingerprint density at radius 1 is 1.20 bits per heavy atom. The molecule has 3 nitrogen and oxygen atoms in total. The molecule has 102 valence electrons. The van der Waals surface area contributed by atoms with Crippen molar-refractivity contribution in [3.05, 3.63) is 60.0 Å². The van der Waals surface area contributed by atoms with Crippen molar-refractivity contribution in [3.8, 4) is 5.69 Å². The number of fused-ring (bicyclic) bond motifs is 1. The van der Waals surface area contributed by atoms with Crippen LogP contribution in [0.15, 0.2) is 48.7 Å². The van der Waals surface area contributed by atoms with Gasteiger partial charge >= 0.3 is 0 Å². The molecule has 0 bridgehead atoms. The van der Waals surface area contributed by atoms with E-state index < -0.39 is 0 Å². The summed E-state index contributed by atoms with van der Waals surface area (Å²) in [5.74, 6) is -0.234. The fourth-order valence-corrected chi connectivity index (χ4v) is 2.38. The molecule has 0 aliphatic heterocycles. The van der Waals surface area contributed by atoms with Gasteiger partial charge in [-0.3, -0.25) is 0 Å². The van der Waals surface area contributed by atoms with Crippen LogP contribution in [0.2, 0.25) is 0 Å². The molecule has 0 saturated heterocycles. The highest BCUT2D eigenvalue weighted by molar-refractivity contribution is 5.80. The van der Waals surface area contributed by atoms with E-state index in [0.717, 1.165) is 22.2 Å². The zero-order chi connectivity index (χ0) is 14.1. The summed E-state index contributed by atoms with van der Waals surface area (Å²) in [4.78, 5) is 0. The second kappa shape index (κ2) is 5.06. The van der Waals surface area contributed by atoms with Crippen LogP contribution in [0.25, 0.3) is 16.6 Å². The molecule has 1 N–H and O–H groups in total. The van der Waals surface area contributed by atoms with Gasteiger partial charge in [-0.1, -0.05) is 18.2 Å². The van der Waals surface area contributed by atoms with Gasteiger partial charge in [-0.15, -0.1) is 0 Å². The summed E-state index contributed by atoms with van der Waals surface area (Å²) in [6.45, 7) is 2.00. The molecule has 0 spiro atoms. The normalized spacial score (nSPS) is 12.8. The van der Waals surface area contributed by atoms with Gasteiger partial charge in [-0.2, -0.15) is 5.10 Å². The molecule has 4 heteroatoms. The summed E-state index contributed by atoms with van der Waals surface area (Å²) in [7, 11) is 1.86. The van der Waals surface area contributed by atoms with Gasteiger partial charge in [0.25, 0.3) is 0 Å². The lowest BCUT2D eigenvalue weighted by Crippen LogP contribution is -2.15. The van der Waals surface area contributed by atoms with Gasteiger partial charge in [0.2, 0.25) is 0 Å². The minimum Gasteiger partial charge on any atom is -0.313 e. The monoisotopic (exact) mass is 269 g/mol. The third-order valence-electron chi connectivity index (χ3n) is 3.59. The van der Waals surface area contributed by atoms with Crippen LogP contribution in [0.5, 0.6) is 0 Å². The maximum absolute atomic E-state index is 13.5. The van der Waals surface area contributed by atoms with E-state index >= 15 is 0 Å². The highest BCUT2D eigenvalue weighted by atomic mass is 19.1. The average Bonchev–Trinajstić information content (AvgIpc) is 2.90. The number of nitrogens with one attached hydrogen (secondary N) is 1. The average molecular weight is 269 g/mol. The molecule has 3 aromatic rings. The minimum atomic E-state index is -0.234. The van der Waals surface area contributed by atoms with E-state index in [9.17, 15) is 4.39 Å². The summed E-state index contributed by atoms with van der Waals surface area (Å²) < 4.78 is 15.4. The fraction of sp³-hybridized carbons (Fsp3) is 0.188. The van der Waals surface area contributed by atoms with Crippen molar-refractivity contribution in [2.75, 3.05) is 7.05 Å². The first-order valence-corrected chi connectivity index (χ1v) is 6.60. The van der Waals surface area contributed by atoms with Crippen molar-refractivity contribution in [1.29, 1.82) is 0 Å². The maximum atomic E-state index is 13.5. The number of aromatic nitrogens is 2. The van der Waals surface area contributed by atoms with E-state index in [1.54, 1.807) is 12.1 Å². The van der Waals surface area contributed by atoms with Gasteiger partial charge in [0.15, 0.2) is 0 Å². The van der Waals surface area contributed by atoms with Crippen LogP contribution in [-0.4, -0.2) is 16.8 Å². The molecule has 20 heavy (non-hydrogen) atoms. The van der Waals surface area contributed by atoms with Crippen LogP contribution in [0.3, 0.4) is 0 Å². The number of nitrogens with zero attached hydrogens (tertiary/aromatic N) is 2. The first-order valence-electron chi connectivity index (χ1n) is 6.60. The van der Waals surface area contributed by atoms with Gasteiger partial charge in [-0.25, -0.2) is 9.07 Å². The molecular weight excluding hydrogens is 253 g/mol. The van der Waals surface area contributed by atoms with E-state index in [1.165, 1.54) is 6.07 Å². The van der Waals surface area contributed by atoms with Gasteiger partial charge in [0.05, 0.1) is 17.4 Å². The van der Waals surface area contributed by atoms with Crippen LogP contribution in [0.1, 0.15) is 18.5 Å². The lowest BCUT2D eigenvalue weighted by molar-refractivity contribution is 0.605. The van der Waals surface area contributed by atoms with Gasteiger partial charge in [0.1, 0.15) is 5.82 Å². The Morgan fingerprint density at radius 3 is 2.80 bits per heavy atom. The Morgan fingerprint density at radius 2 is 2.00 bits per heavy atom. The first kappa shape index (κ1) is 12.8. The number of benzene rings is 2. The van der Waals surface area contributed by atoms with E-state index in [-0.39, 0.29) is 11.9 Å². The Balaban J connectivity index is 2.23. The predicted octanol–water partition coefficient (Wildman–Crippen LogP) is 3.45. The predicted molar refractivity (Wildman–Crippen MR) is 78.5 cm³/mol. The topological polar surface area (TPSA) is 29.9 Å². The molecule has 0 amide bonds. The Hall–Kier alpha value is -2.20. The van der Waals surface area contributed by atoms with Crippen molar-refractivity contribution in [3.63, 3.8) is 0 Å². The van der Waals surface area contributed by atoms with Crippen LogP contribution in [0, 0.1) is 5.82 Å². The number of hydrogen-bond donors (Lipinski definition) is 1. The minimum absolute atomic E-state index is 0.0451. The van der Waals surface area contributed by atoms with E-state index in [2.05, 4.69) is 10.4 Å². The van der Waals surface area contributed by atoms with Crippen LogP contribution >= 0.6 is 0 Å². The molecule has 0 aliphatic rings. The van der Waals surface area contributed by atoms with Crippen molar-refractivity contribution < 1.29 is 4.39 Å². The zero-order valence-electron chi connectivity index (χ0n) is 11.5. The number of rotatable bonds is 3. The summed E-state index contributed by atoms with van der Waals surface area (Å²) in [6, 6.07) is 12.8. The van der Waals surface area contributed by atoms with Gasteiger partial charge in [-0.05, 0) is 43.8 Å². The lowest BCUT2D eigenvalue weighted by Gasteiger charge is -2.16. The molecule has 1 unspecified atom stereocenters. The molecule has 0 aliphatic carbocycles. The molecule has 3 rings (SSSR count). The summed E-state index contributed by atoms with van der Waals surface area (Å²) in [5, 5.41) is 8.66. The van der Waals surface area contributed by atoms with Crippen LogP contribution in [0.4, 0.5) is 4.39 Å². The maximum Gasteiger partial charge on any atom is 0.123 e. The third kappa shape index (κ3) is 2.08. The second-order valence-corrected chi connectivity index (χ2v) is 4.83. The number of para-hydroxylation sites is 1.